The SMILES string of the molecule is CSc1ncc2ccc3c(C(N)=O)nn(C(C)CCN)c3c2n1.CSc1ncc2ccc3c(C(N)=O)nn(C(C)CCN4C(=O)c5ccccc5C4=O)c3c2n1. The fourth-order valence-electron chi connectivity index (χ4n) is 6.84. The number of hydrogen-bond donors (Lipinski definition) is 3. The topological polar surface area (TPSA) is 237 Å². The van der Waals surface area contributed by atoms with Crippen LogP contribution in [0.2, 0.25) is 0 Å². The smallest absolute Gasteiger partial charge is 0.269 e. The summed E-state index contributed by atoms with van der Waals surface area (Å²) in [5.41, 5.74) is 20.9. The van der Waals surface area contributed by atoms with Crippen molar-refractivity contribution in [3.05, 3.63) is 83.4 Å². The molecule has 0 saturated carbocycles. The molecule has 0 fully saturated rings. The van der Waals surface area contributed by atoms with Gasteiger partial charge in [0.15, 0.2) is 21.7 Å². The minimum atomic E-state index is -0.634. The van der Waals surface area contributed by atoms with E-state index in [4.69, 9.17) is 17.2 Å². The lowest BCUT2D eigenvalue weighted by atomic mass is 10.1. The number of nitrogens with zero attached hydrogens (tertiary/aromatic N) is 9. The molecule has 4 aromatic heterocycles. The monoisotopic (exact) mass is 790 g/mol. The molecule has 16 nitrogen and oxygen atoms in total. The molecule has 1 aliphatic heterocycles. The number of hydrogen-bond acceptors (Lipinski definition) is 13. The van der Waals surface area contributed by atoms with E-state index in [0.717, 1.165) is 28.2 Å². The zero-order valence-corrected chi connectivity index (χ0v) is 32.6. The highest BCUT2D eigenvalue weighted by Crippen LogP contribution is 2.32. The van der Waals surface area contributed by atoms with Crippen molar-refractivity contribution in [2.75, 3.05) is 25.6 Å². The Morgan fingerprint density at radius 1 is 0.696 bits per heavy atom. The fourth-order valence-corrected chi connectivity index (χ4v) is 7.53. The zero-order chi connectivity index (χ0) is 39.8. The Hall–Kier alpha value is -5.98. The third-order valence-corrected chi connectivity index (χ3v) is 10.8. The van der Waals surface area contributed by atoms with Crippen molar-refractivity contribution in [3.63, 3.8) is 0 Å². The number of nitrogens with two attached hydrogens (primary N) is 3. The van der Waals surface area contributed by atoms with Crippen molar-refractivity contribution < 1.29 is 19.2 Å². The molecule has 56 heavy (non-hydrogen) atoms. The first kappa shape index (κ1) is 38.3. The Bertz CT molecular complexity index is 2680. The number of aromatic nitrogens is 8. The summed E-state index contributed by atoms with van der Waals surface area (Å²) < 4.78 is 3.52. The molecule has 2 unspecified atom stereocenters. The Kier molecular flexibility index (Phi) is 10.7. The van der Waals surface area contributed by atoms with Crippen molar-refractivity contribution in [1.82, 2.24) is 44.4 Å². The highest BCUT2D eigenvalue weighted by molar-refractivity contribution is 7.98. The molecule has 18 heteroatoms. The first-order valence-electron chi connectivity index (χ1n) is 17.7. The van der Waals surface area contributed by atoms with E-state index in [1.807, 2.05) is 49.2 Å². The normalized spacial score (nSPS) is 13.7. The number of rotatable bonds is 11. The van der Waals surface area contributed by atoms with Crippen LogP contribution in [-0.4, -0.2) is 93.6 Å². The minimum absolute atomic E-state index is 0.0360. The maximum atomic E-state index is 12.7. The van der Waals surface area contributed by atoms with Crippen LogP contribution in [0.5, 0.6) is 0 Å². The molecule has 7 aromatic rings. The average molecular weight is 791 g/mol. The van der Waals surface area contributed by atoms with Gasteiger partial charge in [-0.15, -0.1) is 0 Å². The molecule has 1 aliphatic rings. The van der Waals surface area contributed by atoms with E-state index in [1.165, 1.54) is 28.4 Å². The molecule has 3 aromatic carbocycles. The number of primary amides is 2. The zero-order valence-electron chi connectivity index (χ0n) is 31.0. The summed E-state index contributed by atoms with van der Waals surface area (Å²) in [5, 5.41) is 13.2. The molecule has 4 amide bonds. The molecule has 286 valence electrons. The largest absolute Gasteiger partial charge is 0.364 e. The highest BCUT2D eigenvalue weighted by Gasteiger charge is 2.35. The van der Waals surface area contributed by atoms with E-state index >= 15 is 0 Å². The van der Waals surface area contributed by atoms with E-state index in [-0.39, 0.29) is 41.8 Å². The average Bonchev–Trinajstić information content (AvgIpc) is 3.88. The second-order valence-corrected chi connectivity index (χ2v) is 14.7. The Morgan fingerprint density at radius 2 is 1.14 bits per heavy atom. The predicted molar refractivity (Wildman–Crippen MR) is 216 cm³/mol. The Balaban J connectivity index is 0.000000183. The summed E-state index contributed by atoms with van der Waals surface area (Å²) in [6.45, 7) is 4.69. The van der Waals surface area contributed by atoms with Gasteiger partial charge in [-0.05, 0) is 70.0 Å². The van der Waals surface area contributed by atoms with Crippen molar-refractivity contribution in [2.24, 2.45) is 17.2 Å². The number of carbonyl (C=O) groups is 4. The van der Waals surface area contributed by atoms with Gasteiger partial charge in [-0.1, -0.05) is 47.8 Å². The third kappa shape index (κ3) is 6.79. The van der Waals surface area contributed by atoms with Crippen LogP contribution in [-0.2, 0) is 0 Å². The van der Waals surface area contributed by atoms with E-state index < -0.39 is 11.8 Å². The summed E-state index contributed by atoms with van der Waals surface area (Å²) >= 11 is 2.88. The minimum Gasteiger partial charge on any atom is -0.364 e. The van der Waals surface area contributed by atoms with Gasteiger partial charge >= 0.3 is 0 Å². The number of fused-ring (bicyclic) bond motifs is 7. The molecular weight excluding hydrogens is 753 g/mol. The van der Waals surface area contributed by atoms with Crippen LogP contribution in [0.4, 0.5) is 0 Å². The van der Waals surface area contributed by atoms with Crippen LogP contribution >= 0.6 is 23.5 Å². The van der Waals surface area contributed by atoms with Gasteiger partial charge in [0.1, 0.15) is 11.0 Å². The molecule has 2 atom stereocenters. The van der Waals surface area contributed by atoms with Gasteiger partial charge < -0.3 is 17.2 Å². The van der Waals surface area contributed by atoms with E-state index in [0.29, 0.717) is 56.2 Å². The van der Waals surface area contributed by atoms with E-state index in [2.05, 4.69) is 30.1 Å². The van der Waals surface area contributed by atoms with Gasteiger partial charge in [-0.25, -0.2) is 19.9 Å². The number of thioether (sulfide) groups is 2. The van der Waals surface area contributed by atoms with Crippen LogP contribution in [0.1, 0.15) is 80.5 Å². The van der Waals surface area contributed by atoms with Gasteiger partial charge in [0, 0.05) is 40.5 Å². The predicted octanol–water partition coefficient (Wildman–Crippen LogP) is 4.76. The van der Waals surface area contributed by atoms with Crippen LogP contribution in [0.25, 0.3) is 43.6 Å². The summed E-state index contributed by atoms with van der Waals surface area (Å²) in [6, 6.07) is 14.0. The molecule has 5 heterocycles. The standard InChI is InChI=1S/C23H20N6O3S.C15H18N6OS/c1-12(9-10-28-21(31)14-5-3-4-6-15(14)22(28)32)29-19-16(18(27-29)20(24)30)8-7-13-11-25-23(33-2)26-17(13)19;1-8(5-6-16)21-13-10(12(20-21)14(17)22)4-3-9-7-18-15(23-2)19-11(9)13/h3-8,11-12H,9-10H2,1-2H3,(H2,24,30);3-4,7-8H,5-6,16H2,1-2H3,(H2,17,22). The summed E-state index contributed by atoms with van der Waals surface area (Å²) in [6.07, 6.45) is 8.51. The molecule has 0 radical (unpaired) electrons. The fraction of sp³-hybridized carbons (Fsp3) is 0.263. The van der Waals surface area contributed by atoms with Crippen LogP contribution in [0.15, 0.2) is 71.2 Å². The van der Waals surface area contributed by atoms with Crippen molar-refractivity contribution >= 4 is 90.8 Å². The van der Waals surface area contributed by atoms with Gasteiger partial charge in [0.25, 0.3) is 23.6 Å². The molecule has 0 aliphatic carbocycles. The maximum absolute atomic E-state index is 12.7. The summed E-state index contributed by atoms with van der Waals surface area (Å²) in [4.78, 5) is 68.4. The lowest BCUT2D eigenvalue weighted by molar-refractivity contribution is 0.0646. The summed E-state index contributed by atoms with van der Waals surface area (Å²) in [5.74, 6) is -1.78. The lowest BCUT2D eigenvalue weighted by Crippen LogP contribution is -2.32. The second-order valence-electron chi connectivity index (χ2n) is 13.2. The Morgan fingerprint density at radius 3 is 1.55 bits per heavy atom. The summed E-state index contributed by atoms with van der Waals surface area (Å²) in [7, 11) is 0. The number of carbonyl (C=O) groups excluding carboxylic acids is 4. The molecule has 8 rings (SSSR count). The third-order valence-electron chi connectivity index (χ3n) is 9.69. The molecule has 0 spiro atoms. The van der Waals surface area contributed by atoms with Gasteiger partial charge in [0.05, 0.1) is 34.2 Å². The molecule has 0 bridgehead atoms. The molecule has 0 saturated heterocycles. The Labute approximate surface area is 328 Å². The van der Waals surface area contributed by atoms with Crippen molar-refractivity contribution in [1.29, 1.82) is 0 Å². The molecular formula is C38H38N12O4S2. The second kappa shape index (κ2) is 15.6. The van der Waals surface area contributed by atoms with Crippen LogP contribution < -0.4 is 17.2 Å². The number of imide groups is 1. The maximum Gasteiger partial charge on any atom is 0.269 e. The van der Waals surface area contributed by atoms with Gasteiger partial charge in [-0.3, -0.25) is 33.4 Å². The van der Waals surface area contributed by atoms with Crippen molar-refractivity contribution in [3.8, 4) is 0 Å². The quantitative estimate of drug-likeness (QED) is 0.0912. The highest BCUT2D eigenvalue weighted by atomic mass is 32.2. The van der Waals surface area contributed by atoms with Gasteiger partial charge in [-0.2, -0.15) is 10.2 Å². The van der Waals surface area contributed by atoms with Crippen molar-refractivity contribution in [2.45, 2.75) is 49.1 Å². The molecule has 6 N–H and O–H groups in total. The van der Waals surface area contributed by atoms with Gasteiger partial charge in [0.2, 0.25) is 0 Å². The first-order chi connectivity index (χ1) is 27.0. The number of benzene rings is 3. The van der Waals surface area contributed by atoms with Crippen LogP contribution in [0.3, 0.4) is 0 Å². The number of amides is 4. The lowest BCUT2D eigenvalue weighted by Gasteiger charge is -2.19. The van der Waals surface area contributed by atoms with Crippen LogP contribution in [0, 0.1) is 0 Å². The first-order valence-corrected chi connectivity index (χ1v) is 20.1. The van der Waals surface area contributed by atoms with E-state index in [1.54, 1.807) is 47.4 Å². The van der Waals surface area contributed by atoms with E-state index in [9.17, 15) is 19.2 Å².